The molecule has 1 aromatic heterocycles. The number of hydrogen-bond donors (Lipinski definition) is 0. The lowest BCUT2D eigenvalue weighted by molar-refractivity contribution is -0.280. The molecule has 2 aliphatic carbocycles. The summed E-state index contributed by atoms with van der Waals surface area (Å²) >= 11 is 0. The molecule has 0 unspecified atom stereocenters. The monoisotopic (exact) mass is 514 g/mol. The first-order valence-corrected chi connectivity index (χ1v) is 12.8. The molecule has 4 atom stereocenters. The number of ether oxygens (including phenoxy) is 2. The van der Waals surface area contributed by atoms with Crippen molar-refractivity contribution < 1.29 is 31.9 Å². The third-order valence-corrected chi connectivity index (χ3v) is 9.02. The minimum Gasteiger partial charge on any atom is -0.464 e. The first-order valence-electron chi connectivity index (χ1n) is 12.8. The maximum Gasteiger partial charge on any atom is 0.432 e. The Kier molecular flexibility index (Phi) is 6.02. The molecule has 1 fully saturated rings. The molecule has 0 amide bonds. The van der Waals surface area contributed by atoms with Gasteiger partial charge in [0.25, 0.3) is 5.60 Å². The lowest BCUT2D eigenvalue weighted by atomic mass is 9.49. The molecule has 5 rings (SSSR count). The van der Waals surface area contributed by atoms with Crippen LogP contribution in [0.3, 0.4) is 0 Å². The summed E-state index contributed by atoms with van der Waals surface area (Å²) in [6, 6.07) is 11.0. The minimum absolute atomic E-state index is 0.185. The highest BCUT2D eigenvalue weighted by molar-refractivity contribution is 5.85. The third kappa shape index (κ3) is 3.72. The summed E-state index contributed by atoms with van der Waals surface area (Å²) in [5.41, 5.74) is -0.181. The van der Waals surface area contributed by atoms with Crippen molar-refractivity contribution in [1.29, 1.82) is 0 Å². The van der Waals surface area contributed by atoms with Crippen LogP contribution in [0.2, 0.25) is 0 Å². The molecule has 3 aromatic rings. The lowest BCUT2D eigenvalue weighted by Gasteiger charge is -2.57. The average molecular weight is 515 g/mol. The first kappa shape index (κ1) is 25.8. The molecule has 2 aliphatic rings. The molecule has 0 aliphatic heterocycles. The number of aryl methyl sites for hydroxylation is 1. The summed E-state index contributed by atoms with van der Waals surface area (Å²) in [7, 11) is 0.909. The number of fused-ring (bicyclic) bond motifs is 4. The molecule has 2 aromatic carbocycles. The zero-order valence-corrected chi connectivity index (χ0v) is 21.9. The van der Waals surface area contributed by atoms with Gasteiger partial charge in [0.15, 0.2) is 0 Å². The number of rotatable bonds is 4. The molecule has 1 saturated carbocycles. The maximum absolute atomic E-state index is 14.6. The highest BCUT2D eigenvalue weighted by Gasteiger charge is 2.65. The van der Waals surface area contributed by atoms with E-state index in [2.05, 4.69) is 26.8 Å². The summed E-state index contributed by atoms with van der Waals surface area (Å²) in [5, 5.41) is 0.965. The Hall–Kier alpha value is -2.80. The van der Waals surface area contributed by atoms with Crippen LogP contribution < -0.4 is 0 Å². The fraction of sp³-hybridized carbons (Fsp3) is 0.500. The summed E-state index contributed by atoms with van der Waals surface area (Å²) in [6.07, 6.45) is -1.05. The Morgan fingerprint density at radius 3 is 2.43 bits per heavy atom. The van der Waals surface area contributed by atoms with Crippen LogP contribution in [0.5, 0.6) is 0 Å². The van der Waals surface area contributed by atoms with E-state index in [4.69, 9.17) is 13.9 Å². The van der Waals surface area contributed by atoms with Crippen LogP contribution in [-0.2, 0) is 31.7 Å². The van der Waals surface area contributed by atoms with E-state index in [0.717, 1.165) is 54.0 Å². The van der Waals surface area contributed by atoms with Crippen LogP contribution in [0.1, 0.15) is 62.3 Å². The highest BCUT2D eigenvalue weighted by Crippen LogP contribution is 2.59. The van der Waals surface area contributed by atoms with Gasteiger partial charge in [-0.2, -0.15) is 13.2 Å². The Morgan fingerprint density at radius 1 is 1.08 bits per heavy atom. The number of furan rings is 1. The van der Waals surface area contributed by atoms with E-state index in [9.17, 15) is 18.0 Å². The van der Waals surface area contributed by atoms with Gasteiger partial charge in [-0.15, -0.1) is 0 Å². The zero-order chi connectivity index (χ0) is 26.8. The van der Waals surface area contributed by atoms with Crippen molar-refractivity contribution in [1.82, 2.24) is 0 Å². The molecule has 0 bridgehead atoms. The second-order valence-corrected chi connectivity index (χ2v) is 11.5. The van der Waals surface area contributed by atoms with E-state index in [0.29, 0.717) is 6.42 Å². The zero-order valence-electron chi connectivity index (χ0n) is 21.9. The van der Waals surface area contributed by atoms with Crippen LogP contribution in [-0.4, -0.2) is 25.4 Å². The largest absolute Gasteiger partial charge is 0.464 e. The number of methoxy groups -OCH3 is 1. The molecule has 4 nitrogen and oxygen atoms in total. The minimum atomic E-state index is -5.02. The summed E-state index contributed by atoms with van der Waals surface area (Å²) in [6.45, 7) is 8.43. The average Bonchev–Trinajstić information content (AvgIpc) is 3.29. The molecule has 1 heterocycles. The normalized spacial score (nSPS) is 26.7. The standard InChI is InChI=1S/C30H33F3O4/c1-18-20-12-15-36-23(20)17-22-21(18)16-24(25-27(2,3)13-9-14-28(22,25)4)37-26(34)29(35-5,30(31,32)33)19-10-7-6-8-11-19/h6-8,10-12,15,17,24-25H,9,13-14,16H2,1-5H3/t24-,25-,28+,29-/m0/s1. The van der Waals surface area contributed by atoms with Gasteiger partial charge in [0.2, 0.25) is 0 Å². The summed E-state index contributed by atoms with van der Waals surface area (Å²) in [4.78, 5) is 13.7. The molecule has 0 N–H and O–H groups in total. The predicted molar refractivity (Wildman–Crippen MR) is 134 cm³/mol. The molecule has 7 heteroatoms. The third-order valence-electron chi connectivity index (χ3n) is 9.02. The number of carbonyl (C=O) groups excluding carboxylic acids is 1. The number of carbonyl (C=O) groups is 1. The van der Waals surface area contributed by atoms with Gasteiger partial charge < -0.3 is 13.9 Å². The fourth-order valence-electron chi connectivity index (χ4n) is 7.43. The Bertz CT molecular complexity index is 1330. The second kappa shape index (κ2) is 8.62. The quantitative estimate of drug-likeness (QED) is 0.341. The Labute approximate surface area is 215 Å². The molecule has 0 radical (unpaired) electrons. The van der Waals surface area contributed by atoms with Gasteiger partial charge in [0, 0.05) is 30.4 Å². The molecule has 37 heavy (non-hydrogen) atoms. The van der Waals surface area contributed by atoms with Gasteiger partial charge in [-0.1, -0.05) is 57.5 Å². The van der Waals surface area contributed by atoms with E-state index in [1.54, 1.807) is 12.3 Å². The van der Waals surface area contributed by atoms with Crippen molar-refractivity contribution >= 4 is 16.9 Å². The highest BCUT2D eigenvalue weighted by atomic mass is 19.4. The van der Waals surface area contributed by atoms with Crippen LogP contribution in [0.4, 0.5) is 13.2 Å². The lowest BCUT2D eigenvalue weighted by Crippen LogP contribution is -2.58. The van der Waals surface area contributed by atoms with E-state index < -0.39 is 29.3 Å². The molecular formula is C30H33F3O4. The molecule has 0 saturated heterocycles. The fourth-order valence-corrected chi connectivity index (χ4v) is 7.43. The van der Waals surface area contributed by atoms with E-state index in [-0.39, 0.29) is 16.9 Å². The van der Waals surface area contributed by atoms with Crippen LogP contribution in [0.25, 0.3) is 11.0 Å². The van der Waals surface area contributed by atoms with Gasteiger partial charge in [0.05, 0.1) is 6.26 Å². The topological polar surface area (TPSA) is 48.7 Å². The van der Waals surface area contributed by atoms with Crippen molar-refractivity contribution in [3.05, 3.63) is 71.0 Å². The van der Waals surface area contributed by atoms with Crippen molar-refractivity contribution in [3.8, 4) is 0 Å². The van der Waals surface area contributed by atoms with E-state index in [1.807, 2.05) is 13.0 Å². The van der Waals surface area contributed by atoms with E-state index >= 15 is 0 Å². The first-order chi connectivity index (χ1) is 17.4. The molecular weight excluding hydrogens is 481 g/mol. The number of hydrogen-bond acceptors (Lipinski definition) is 4. The summed E-state index contributed by atoms with van der Waals surface area (Å²) < 4.78 is 60.7. The van der Waals surface area contributed by atoms with Gasteiger partial charge in [0.1, 0.15) is 11.7 Å². The summed E-state index contributed by atoms with van der Waals surface area (Å²) in [5.74, 6) is -1.61. The molecule has 198 valence electrons. The van der Waals surface area contributed by atoms with Gasteiger partial charge in [-0.05, 0) is 59.4 Å². The van der Waals surface area contributed by atoms with Crippen molar-refractivity contribution in [2.45, 2.75) is 76.7 Å². The number of esters is 1. The predicted octanol–water partition coefficient (Wildman–Crippen LogP) is 7.40. The van der Waals surface area contributed by atoms with Crippen molar-refractivity contribution in [2.24, 2.45) is 11.3 Å². The number of halogens is 3. The van der Waals surface area contributed by atoms with Gasteiger partial charge in [-0.25, -0.2) is 4.79 Å². The SMILES string of the molecule is CO[C@](C(=O)O[C@H]1Cc2c(cc3occc3c2C)[C@@]2(C)CCCC(C)(C)[C@H]12)(c1ccccc1)C(F)(F)F. The Balaban J connectivity index is 1.65. The van der Waals surface area contributed by atoms with E-state index in [1.165, 1.54) is 24.3 Å². The van der Waals surface area contributed by atoms with Crippen LogP contribution in [0, 0.1) is 18.3 Å². The second-order valence-electron chi connectivity index (χ2n) is 11.5. The van der Waals surface area contributed by atoms with Crippen molar-refractivity contribution in [2.75, 3.05) is 7.11 Å². The van der Waals surface area contributed by atoms with Crippen molar-refractivity contribution in [3.63, 3.8) is 0 Å². The van der Waals surface area contributed by atoms with Crippen LogP contribution in [0.15, 0.2) is 53.1 Å². The van der Waals surface area contributed by atoms with Gasteiger partial charge in [-0.3, -0.25) is 0 Å². The number of benzene rings is 2. The molecule has 0 spiro atoms. The Morgan fingerprint density at radius 2 is 1.78 bits per heavy atom. The smallest absolute Gasteiger partial charge is 0.432 e. The number of alkyl halides is 3. The van der Waals surface area contributed by atoms with Gasteiger partial charge >= 0.3 is 12.1 Å². The van der Waals surface area contributed by atoms with Crippen LogP contribution >= 0.6 is 0 Å². The maximum atomic E-state index is 14.6.